The van der Waals surface area contributed by atoms with E-state index in [0.29, 0.717) is 17.9 Å². The SMILES string of the molecule is CCOc1ccc(N/C(C)=C/C(=O)c2cccc(OC)c2)cc1. The first-order valence-electron chi connectivity index (χ1n) is 7.49. The van der Waals surface area contributed by atoms with Crippen LogP contribution in [0.3, 0.4) is 0 Å². The molecule has 0 saturated carbocycles. The summed E-state index contributed by atoms with van der Waals surface area (Å²) in [5.41, 5.74) is 2.26. The van der Waals surface area contributed by atoms with Crippen LogP contribution in [0.1, 0.15) is 24.2 Å². The summed E-state index contributed by atoms with van der Waals surface area (Å²) in [6.07, 6.45) is 1.57. The number of nitrogens with one attached hydrogen (secondary N) is 1. The van der Waals surface area contributed by atoms with Crippen LogP contribution >= 0.6 is 0 Å². The second-order valence-corrected chi connectivity index (χ2v) is 5.01. The molecule has 23 heavy (non-hydrogen) atoms. The number of allylic oxidation sites excluding steroid dienone is 2. The van der Waals surface area contributed by atoms with Gasteiger partial charge in [-0.05, 0) is 50.2 Å². The maximum atomic E-state index is 12.3. The molecule has 0 aliphatic rings. The number of carbonyl (C=O) groups excluding carboxylic acids is 1. The molecule has 2 aromatic carbocycles. The molecule has 4 nitrogen and oxygen atoms in total. The largest absolute Gasteiger partial charge is 0.497 e. The van der Waals surface area contributed by atoms with E-state index in [9.17, 15) is 4.79 Å². The van der Waals surface area contributed by atoms with E-state index in [1.807, 2.05) is 44.2 Å². The summed E-state index contributed by atoms with van der Waals surface area (Å²) in [6, 6.07) is 14.7. The lowest BCUT2D eigenvalue weighted by Crippen LogP contribution is -2.02. The van der Waals surface area contributed by atoms with Crippen molar-refractivity contribution in [3.63, 3.8) is 0 Å². The van der Waals surface area contributed by atoms with Gasteiger partial charge in [-0.25, -0.2) is 0 Å². The lowest BCUT2D eigenvalue weighted by atomic mass is 10.1. The second kappa shape index (κ2) is 8.03. The van der Waals surface area contributed by atoms with Crippen LogP contribution in [-0.2, 0) is 0 Å². The average Bonchev–Trinajstić information content (AvgIpc) is 2.57. The molecular formula is C19H21NO3. The highest BCUT2D eigenvalue weighted by atomic mass is 16.5. The predicted molar refractivity (Wildman–Crippen MR) is 92.3 cm³/mol. The first-order valence-corrected chi connectivity index (χ1v) is 7.49. The fourth-order valence-electron chi connectivity index (χ4n) is 2.12. The molecule has 0 atom stereocenters. The molecule has 0 aromatic heterocycles. The number of carbonyl (C=O) groups is 1. The lowest BCUT2D eigenvalue weighted by Gasteiger charge is -2.08. The Labute approximate surface area is 136 Å². The van der Waals surface area contributed by atoms with Crippen molar-refractivity contribution in [2.45, 2.75) is 13.8 Å². The fourth-order valence-corrected chi connectivity index (χ4v) is 2.12. The molecule has 2 rings (SSSR count). The standard InChI is InChI=1S/C19H21NO3/c1-4-23-17-10-8-16(9-11-17)20-14(2)12-19(21)15-6-5-7-18(13-15)22-3/h5-13,20H,4H2,1-3H3/b14-12+. The minimum Gasteiger partial charge on any atom is -0.497 e. The van der Waals surface area contributed by atoms with E-state index in [2.05, 4.69) is 5.32 Å². The predicted octanol–water partition coefficient (Wildman–Crippen LogP) is 4.29. The average molecular weight is 311 g/mol. The van der Waals surface area contributed by atoms with Crippen molar-refractivity contribution in [1.82, 2.24) is 0 Å². The van der Waals surface area contributed by atoms with Crippen molar-refractivity contribution >= 4 is 11.5 Å². The van der Waals surface area contributed by atoms with Gasteiger partial charge >= 0.3 is 0 Å². The molecule has 0 bridgehead atoms. The first-order chi connectivity index (χ1) is 11.1. The van der Waals surface area contributed by atoms with Gasteiger partial charge in [0.05, 0.1) is 13.7 Å². The van der Waals surface area contributed by atoms with Crippen molar-refractivity contribution in [2.24, 2.45) is 0 Å². The van der Waals surface area contributed by atoms with Crippen molar-refractivity contribution in [3.05, 3.63) is 65.9 Å². The van der Waals surface area contributed by atoms with E-state index >= 15 is 0 Å². The summed E-state index contributed by atoms with van der Waals surface area (Å²) < 4.78 is 10.5. The van der Waals surface area contributed by atoms with E-state index in [4.69, 9.17) is 9.47 Å². The molecule has 1 N–H and O–H groups in total. The zero-order valence-corrected chi connectivity index (χ0v) is 13.6. The van der Waals surface area contributed by atoms with Gasteiger partial charge in [0.1, 0.15) is 11.5 Å². The number of benzene rings is 2. The molecule has 0 aliphatic heterocycles. The van der Waals surface area contributed by atoms with Gasteiger partial charge in [0.25, 0.3) is 0 Å². The van der Waals surface area contributed by atoms with Gasteiger partial charge in [0, 0.05) is 23.0 Å². The van der Waals surface area contributed by atoms with E-state index in [-0.39, 0.29) is 5.78 Å². The summed E-state index contributed by atoms with van der Waals surface area (Å²) in [4.78, 5) is 12.3. The van der Waals surface area contributed by atoms with E-state index < -0.39 is 0 Å². The fraction of sp³-hybridized carbons (Fsp3) is 0.211. The number of ketones is 1. The van der Waals surface area contributed by atoms with Crippen LogP contribution < -0.4 is 14.8 Å². The molecule has 0 aliphatic carbocycles. The Morgan fingerprint density at radius 1 is 1.13 bits per heavy atom. The highest BCUT2D eigenvalue weighted by molar-refractivity contribution is 6.05. The van der Waals surface area contributed by atoms with Gasteiger partial charge < -0.3 is 14.8 Å². The number of anilines is 1. The topological polar surface area (TPSA) is 47.6 Å². The summed E-state index contributed by atoms with van der Waals surface area (Å²) >= 11 is 0. The molecule has 2 aromatic rings. The van der Waals surface area contributed by atoms with Crippen molar-refractivity contribution < 1.29 is 14.3 Å². The summed E-state index contributed by atoms with van der Waals surface area (Å²) in [5, 5.41) is 3.19. The Morgan fingerprint density at radius 2 is 1.87 bits per heavy atom. The van der Waals surface area contributed by atoms with Crippen LogP contribution in [0.25, 0.3) is 0 Å². The Bertz CT molecular complexity index is 690. The van der Waals surface area contributed by atoms with Gasteiger partial charge in [-0.15, -0.1) is 0 Å². The van der Waals surface area contributed by atoms with Crippen molar-refractivity contribution in [3.8, 4) is 11.5 Å². The second-order valence-electron chi connectivity index (χ2n) is 5.01. The normalized spacial score (nSPS) is 11.0. The molecule has 0 spiro atoms. The first kappa shape index (κ1) is 16.6. The number of methoxy groups -OCH3 is 1. The molecule has 0 heterocycles. The van der Waals surface area contributed by atoms with E-state index in [1.165, 1.54) is 0 Å². The number of rotatable bonds is 7. The van der Waals surface area contributed by atoms with Gasteiger partial charge in [0.15, 0.2) is 5.78 Å². The maximum Gasteiger partial charge on any atom is 0.187 e. The summed E-state index contributed by atoms with van der Waals surface area (Å²) in [7, 11) is 1.58. The number of hydrogen-bond acceptors (Lipinski definition) is 4. The van der Waals surface area contributed by atoms with Crippen LogP contribution in [0.5, 0.6) is 11.5 Å². The molecule has 0 saturated heterocycles. The minimum absolute atomic E-state index is 0.0696. The Hall–Kier alpha value is -2.75. The highest BCUT2D eigenvalue weighted by Gasteiger charge is 2.05. The quantitative estimate of drug-likeness (QED) is 0.612. The Kier molecular flexibility index (Phi) is 5.80. The van der Waals surface area contributed by atoms with Crippen molar-refractivity contribution in [2.75, 3.05) is 19.0 Å². The molecular weight excluding hydrogens is 290 g/mol. The van der Waals surface area contributed by atoms with Gasteiger partial charge in [-0.1, -0.05) is 12.1 Å². The van der Waals surface area contributed by atoms with E-state index in [0.717, 1.165) is 17.1 Å². The van der Waals surface area contributed by atoms with Crippen LogP contribution in [0.15, 0.2) is 60.3 Å². The van der Waals surface area contributed by atoms with Gasteiger partial charge in [-0.2, -0.15) is 0 Å². The Morgan fingerprint density at radius 3 is 2.52 bits per heavy atom. The third kappa shape index (κ3) is 4.88. The van der Waals surface area contributed by atoms with E-state index in [1.54, 1.807) is 31.4 Å². The minimum atomic E-state index is -0.0696. The van der Waals surface area contributed by atoms with Crippen LogP contribution in [-0.4, -0.2) is 19.5 Å². The van der Waals surface area contributed by atoms with Crippen LogP contribution in [0, 0.1) is 0 Å². The smallest absolute Gasteiger partial charge is 0.187 e. The third-order valence-corrected chi connectivity index (χ3v) is 3.21. The molecule has 0 unspecified atom stereocenters. The van der Waals surface area contributed by atoms with Gasteiger partial charge in [-0.3, -0.25) is 4.79 Å². The summed E-state index contributed by atoms with van der Waals surface area (Å²) in [5.74, 6) is 1.42. The third-order valence-electron chi connectivity index (χ3n) is 3.21. The molecule has 0 fully saturated rings. The van der Waals surface area contributed by atoms with Crippen LogP contribution in [0.2, 0.25) is 0 Å². The van der Waals surface area contributed by atoms with Gasteiger partial charge in [0.2, 0.25) is 0 Å². The zero-order chi connectivity index (χ0) is 16.7. The Balaban J connectivity index is 2.05. The van der Waals surface area contributed by atoms with Crippen LogP contribution in [0.4, 0.5) is 5.69 Å². The highest BCUT2D eigenvalue weighted by Crippen LogP contribution is 2.18. The molecule has 0 amide bonds. The summed E-state index contributed by atoms with van der Waals surface area (Å²) in [6.45, 7) is 4.44. The zero-order valence-electron chi connectivity index (χ0n) is 13.6. The number of ether oxygens (including phenoxy) is 2. The molecule has 4 heteroatoms. The maximum absolute atomic E-state index is 12.3. The monoisotopic (exact) mass is 311 g/mol. The molecule has 120 valence electrons. The van der Waals surface area contributed by atoms with Crippen molar-refractivity contribution in [1.29, 1.82) is 0 Å². The molecule has 0 radical (unpaired) electrons. The lowest BCUT2D eigenvalue weighted by molar-refractivity contribution is 0.104. The number of hydrogen-bond donors (Lipinski definition) is 1.